The van der Waals surface area contributed by atoms with Gasteiger partial charge in [0.2, 0.25) is 0 Å². The average molecular weight is 328 g/mol. The van der Waals surface area contributed by atoms with Gasteiger partial charge < -0.3 is 15.4 Å². The molecule has 2 aromatic heterocycles. The standard InChI is InChI=1S/C18H20N2O2S/c1-11-7-17(23-12(11)2)18(22)20-14(10-21)8-13-9-19-16-6-4-3-5-15(13)16/h3-7,9,14,19,21H,8,10H2,1-2H3,(H,20,22)/t14-/m1/s1. The van der Waals surface area contributed by atoms with Gasteiger partial charge in [-0.1, -0.05) is 18.2 Å². The summed E-state index contributed by atoms with van der Waals surface area (Å²) in [5, 5.41) is 13.7. The molecule has 0 saturated heterocycles. The van der Waals surface area contributed by atoms with Crippen molar-refractivity contribution in [2.24, 2.45) is 0 Å². The van der Waals surface area contributed by atoms with Crippen LogP contribution in [-0.2, 0) is 6.42 Å². The smallest absolute Gasteiger partial charge is 0.261 e. The van der Waals surface area contributed by atoms with Crippen molar-refractivity contribution in [3.8, 4) is 0 Å². The van der Waals surface area contributed by atoms with Gasteiger partial charge in [-0.15, -0.1) is 11.3 Å². The van der Waals surface area contributed by atoms with Crippen LogP contribution < -0.4 is 5.32 Å². The summed E-state index contributed by atoms with van der Waals surface area (Å²) in [4.78, 5) is 17.4. The van der Waals surface area contributed by atoms with Gasteiger partial charge >= 0.3 is 0 Å². The van der Waals surface area contributed by atoms with Gasteiger partial charge in [0.1, 0.15) is 0 Å². The highest BCUT2D eigenvalue weighted by atomic mass is 32.1. The summed E-state index contributed by atoms with van der Waals surface area (Å²) in [6.07, 6.45) is 2.54. The van der Waals surface area contributed by atoms with Crippen LogP contribution in [0.1, 0.15) is 25.7 Å². The third kappa shape index (κ3) is 3.30. The number of aliphatic hydroxyl groups excluding tert-OH is 1. The lowest BCUT2D eigenvalue weighted by atomic mass is 10.1. The van der Waals surface area contributed by atoms with Crippen molar-refractivity contribution in [1.82, 2.24) is 10.3 Å². The first-order valence-corrected chi connectivity index (χ1v) is 8.44. The molecule has 0 unspecified atom stereocenters. The highest BCUT2D eigenvalue weighted by Crippen LogP contribution is 2.22. The van der Waals surface area contributed by atoms with Crippen LogP contribution in [0.25, 0.3) is 10.9 Å². The van der Waals surface area contributed by atoms with Gasteiger partial charge in [0.15, 0.2) is 0 Å². The zero-order valence-electron chi connectivity index (χ0n) is 13.2. The molecular formula is C18H20N2O2S. The van der Waals surface area contributed by atoms with Crippen molar-refractivity contribution in [3.63, 3.8) is 0 Å². The van der Waals surface area contributed by atoms with Crippen LogP contribution in [0.5, 0.6) is 0 Å². The van der Waals surface area contributed by atoms with E-state index in [1.807, 2.05) is 50.4 Å². The second-order valence-corrected chi connectivity index (χ2v) is 7.02. The Bertz CT molecular complexity index is 815. The maximum Gasteiger partial charge on any atom is 0.261 e. The lowest BCUT2D eigenvalue weighted by Gasteiger charge is -2.15. The average Bonchev–Trinajstić information content (AvgIpc) is 3.11. The molecule has 0 aliphatic rings. The van der Waals surface area contributed by atoms with Crippen LogP contribution in [0.4, 0.5) is 0 Å². The fraction of sp³-hybridized carbons (Fsp3) is 0.278. The number of hydrogen-bond donors (Lipinski definition) is 3. The SMILES string of the molecule is Cc1cc(C(=O)N[C@@H](CO)Cc2c[nH]c3ccccc23)sc1C. The minimum atomic E-state index is -0.301. The number of para-hydroxylation sites is 1. The fourth-order valence-corrected chi connectivity index (χ4v) is 3.61. The number of nitrogens with one attached hydrogen (secondary N) is 2. The molecule has 5 heteroatoms. The van der Waals surface area contributed by atoms with E-state index in [2.05, 4.69) is 10.3 Å². The zero-order valence-corrected chi connectivity index (χ0v) is 14.0. The van der Waals surface area contributed by atoms with Crippen LogP contribution in [0.3, 0.4) is 0 Å². The third-order valence-electron chi connectivity index (χ3n) is 4.09. The van der Waals surface area contributed by atoms with Gasteiger partial charge in [0.25, 0.3) is 5.91 Å². The van der Waals surface area contributed by atoms with E-state index in [0.29, 0.717) is 11.3 Å². The van der Waals surface area contributed by atoms with Gasteiger partial charge in [-0.2, -0.15) is 0 Å². The van der Waals surface area contributed by atoms with E-state index in [1.54, 1.807) is 0 Å². The molecule has 0 aliphatic carbocycles. The molecule has 23 heavy (non-hydrogen) atoms. The van der Waals surface area contributed by atoms with E-state index < -0.39 is 0 Å². The molecule has 1 aromatic carbocycles. The highest BCUT2D eigenvalue weighted by Gasteiger charge is 2.17. The van der Waals surface area contributed by atoms with Crippen molar-refractivity contribution in [2.45, 2.75) is 26.3 Å². The Morgan fingerprint density at radius 3 is 2.83 bits per heavy atom. The van der Waals surface area contributed by atoms with E-state index >= 15 is 0 Å². The van der Waals surface area contributed by atoms with Gasteiger partial charge in [0, 0.05) is 22.0 Å². The number of aromatic amines is 1. The quantitative estimate of drug-likeness (QED) is 0.673. The molecular weight excluding hydrogens is 308 g/mol. The summed E-state index contributed by atoms with van der Waals surface area (Å²) >= 11 is 1.49. The second kappa shape index (κ2) is 6.56. The monoisotopic (exact) mass is 328 g/mol. The van der Waals surface area contributed by atoms with Crippen LogP contribution in [0.15, 0.2) is 36.5 Å². The predicted octanol–water partition coefficient (Wildman–Crippen LogP) is 3.18. The Balaban J connectivity index is 1.74. The summed E-state index contributed by atoms with van der Waals surface area (Å²) < 4.78 is 0. The normalized spacial score (nSPS) is 12.5. The van der Waals surface area contributed by atoms with Gasteiger partial charge in [0.05, 0.1) is 17.5 Å². The van der Waals surface area contributed by atoms with E-state index in [0.717, 1.165) is 26.9 Å². The van der Waals surface area contributed by atoms with E-state index in [9.17, 15) is 9.90 Å². The number of amides is 1. The molecule has 0 aliphatic heterocycles. The minimum Gasteiger partial charge on any atom is -0.394 e. The molecule has 120 valence electrons. The first-order chi connectivity index (χ1) is 11.1. The number of benzene rings is 1. The maximum absolute atomic E-state index is 12.4. The number of carbonyl (C=O) groups excluding carboxylic acids is 1. The summed E-state index contributed by atoms with van der Waals surface area (Å²) in [6.45, 7) is 3.92. The Kier molecular flexibility index (Phi) is 4.50. The van der Waals surface area contributed by atoms with Crippen LogP contribution in [0.2, 0.25) is 0 Å². The maximum atomic E-state index is 12.4. The predicted molar refractivity (Wildman–Crippen MR) is 94.1 cm³/mol. The molecule has 0 spiro atoms. The third-order valence-corrected chi connectivity index (χ3v) is 5.24. The summed E-state index contributed by atoms with van der Waals surface area (Å²) in [6, 6.07) is 9.63. The second-order valence-electron chi connectivity index (χ2n) is 5.77. The summed E-state index contributed by atoms with van der Waals surface area (Å²) in [5.74, 6) is -0.120. The molecule has 2 heterocycles. The van der Waals surface area contributed by atoms with E-state index in [1.165, 1.54) is 11.3 Å². The van der Waals surface area contributed by atoms with Crippen molar-refractivity contribution < 1.29 is 9.90 Å². The number of H-pyrrole nitrogens is 1. The van der Waals surface area contributed by atoms with Crippen molar-refractivity contribution in [2.75, 3.05) is 6.61 Å². The zero-order chi connectivity index (χ0) is 16.4. The van der Waals surface area contributed by atoms with Gasteiger partial charge in [-0.25, -0.2) is 0 Å². The molecule has 3 N–H and O–H groups in total. The molecule has 0 bridgehead atoms. The van der Waals surface area contributed by atoms with Gasteiger partial charge in [-0.05, 0) is 43.5 Å². The largest absolute Gasteiger partial charge is 0.394 e. The fourth-order valence-electron chi connectivity index (χ4n) is 2.67. The Morgan fingerprint density at radius 1 is 1.35 bits per heavy atom. The minimum absolute atomic E-state index is 0.0887. The highest BCUT2D eigenvalue weighted by molar-refractivity contribution is 7.14. The summed E-state index contributed by atoms with van der Waals surface area (Å²) in [5.41, 5.74) is 3.28. The molecule has 0 radical (unpaired) electrons. The van der Waals surface area contributed by atoms with Crippen LogP contribution in [-0.4, -0.2) is 28.6 Å². The number of carbonyl (C=O) groups is 1. The topological polar surface area (TPSA) is 65.1 Å². The molecule has 1 atom stereocenters. The number of hydrogen-bond acceptors (Lipinski definition) is 3. The molecule has 3 aromatic rings. The lowest BCUT2D eigenvalue weighted by Crippen LogP contribution is -2.38. The summed E-state index contributed by atoms with van der Waals surface area (Å²) in [7, 11) is 0. The Hall–Kier alpha value is -2.11. The first kappa shape index (κ1) is 15.8. The van der Waals surface area contributed by atoms with Crippen molar-refractivity contribution in [1.29, 1.82) is 0 Å². The Labute approximate surface area is 139 Å². The number of thiophene rings is 1. The molecule has 1 amide bonds. The Morgan fingerprint density at radius 2 is 2.13 bits per heavy atom. The van der Waals surface area contributed by atoms with E-state index in [4.69, 9.17) is 0 Å². The number of aromatic nitrogens is 1. The molecule has 0 saturated carbocycles. The molecule has 0 fully saturated rings. The number of fused-ring (bicyclic) bond motifs is 1. The molecule has 3 rings (SSSR count). The van der Waals surface area contributed by atoms with E-state index in [-0.39, 0.29) is 18.6 Å². The first-order valence-electron chi connectivity index (χ1n) is 7.62. The number of aryl methyl sites for hydroxylation is 2. The molecule has 4 nitrogen and oxygen atoms in total. The number of aliphatic hydroxyl groups is 1. The van der Waals surface area contributed by atoms with Crippen molar-refractivity contribution >= 4 is 28.1 Å². The van der Waals surface area contributed by atoms with Crippen LogP contribution >= 0.6 is 11.3 Å². The number of rotatable bonds is 5. The van der Waals surface area contributed by atoms with Crippen molar-refractivity contribution in [3.05, 3.63) is 57.4 Å². The van der Waals surface area contributed by atoms with Crippen LogP contribution in [0, 0.1) is 13.8 Å². The van der Waals surface area contributed by atoms with Gasteiger partial charge in [-0.3, -0.25) is 4.79 Å². The lowest BCUT2D eigenvalue weighted by molar-refractivity contribution is 0.0920.